The molecule has 6 nitrogen and oxygen atoms in total. The number of carboxylic acids is 1. The first kappa shape index (κ1) is 17.2. The molecule has 2 fully saturated rings. The summed E-state index contributed by atoms with van der Waals surface area (Å²) in [5, 5.41) is 8.93. The Bertz CT molecular complexity index is 708. The molecule has 0 spiro atoms. The molecule has 0 aromatic carbocycles. The molecule has 1 saturated carbocycles. The molecular formula is C20H25N3O3. The van der Waals surface area contributed by atoms with Gasteiger partial charge in [0.05, 0.1) is 5.56 Å². The molecule has 4 aliphatic rings. The predicted octanol–water partition coefficient (Wildman–Crippen LogP) is 2.87. The van der Waals surface area contributed by atoms with Gasteiger partial charge in [0, 0.05) is 37.8 Å². The van der Waals surface area contributed by atoms with Gasteiger partial charge in [0.15, 0.2) is 0 Å². The number of likely N-dealkylation sites (tertiary alicyclic amines) is 1. The van der Waals surface area contributed by atoms with Crippen LogP contribution in [0.5, 0.6) is 0 Å². The molecule has 2 bridgehead atoms. The number of carboxylic acid groups (broad SMARTS) is 1. The van der Waals surface area contributed by atoms with Crippen LogP contribution in [0.25, 0.3) is 0 Å². The van der Waals surface area contributed by atoms with E-state index in [0.717, 1.165) is 25.9 Å². The third kappa shape index (κ3) is 3.50. The van der Waals surface area contributed by atoms with Crippen molar-refractivity contribution in [2.24, 2.45) is 17.8 Å². The van der Waals surface area contributed by atoms with Crippen molar-refractivity contribution >= 4 is 11.9 Å². The van der Waals surface area contributed by atoms with Crippen molar-refractivity contribution in [3.8, 4) is 0 Å². The number of carbonyl (C=O) groups is 2. The molecule has 0 radical (unpaired) electrons. The highest BCUT2D eigenvalue weighted by atomic mass is 16.4. The maximum Gasteiger partial charge on any atom is 0.338 e. The van der Waals surface area contributed by atoms with Crippen LogP contribution in [0.3, 0.4) is 0 Å². The van der Waals surface area contributed by atoms with Crippen LogP contribution in [0, 0.1) is 17.8 Å². The van der Waals surface area contributed by atoms with Gasteiger partial charge in [-0.25, -0.2) is 14.8 Å². The summed E-state index contributed by atoms with van der Waals surface area (Å²) in [7, 11) is 0. The van der Waals surface area contributed by atoms with E-state index in [4.69, 9.17) is 5.11 Å². The van der Waals surface area contributed by atoms with Gasteiger partial charge in [0.2, 0.25) is 5.91 Å². The molecule has 1 aromatic rings. The number of piperidine rings is 1. The Balaban J connectivity index is 1.30. The fraction of sp³-hybridized carbons (Fsp3) is 0.600. The van der Waals surface area contributed by atoms with E-state index < -0.39 is 5.97 Å². The van der Waals surface area contributed by atoms with Crippen molar-refractivity contribution in [3.05, 3.63) is 35.9 Å². The molecule has 5 rings (SSSR count). The van der Waals surface area contributed by atoms with Crippen LogP contribution in [-0.2, 0) is 4.79 Å². The Morgan fingerprint density at radius 2 is 1.81 bits per heavy atom. The number of rotatable bonds is 4. The zero-order chi connectivity index (χ0) is 18.1. The molecular weight excluding hydrogens is 330 g/mol. The Morgan fingerprint density at radius 1 is 1.08 bits per heavy atom. The Morgan fingerprint density at radius 3 is 2.35 bits per heavy atom. The smallest absolute Gasteiger partial charge is 0.338 e. The van der Waals surface area contributed by atoms with Gasteiger partial charge >= 0.3 is 5.97 Å². The fourth-order valence-electron chi connectivity index (χ4n) is 4.69. The number of nitrogens with zero attached hydrogens (tertiary/aromatic N) is 3. The summed E-state index contributed by atoms with van der Waals surface area (Å²) in [6.45, 7) is 1.48. The number of hydrogen-bond acceptors (Lipinski definition) is 4. The zero-order valence-corrected chi connectivity index (χ0v) is 14.9. The number of allylic oxidation sites excluding steroid dienone is 2. The minimum absolute atomic E-state index is 0.109. The lowest BCUT2D eigenvalue weighted by Crippen LogP contribution is -2.40. The summed E-state index contributed by atoms with van der Waals surface area (Å²) in [6, 6.07) is 0. The van der Waals surface area contributed by atoms with Crippen molar-refractivity contribution in [1.82, 2.24) is 14.9 Å². The molecule has 1 aliphatic heterocycles. The van der Waals surface area contributed by atoms with Crippen LogP contribution in [0.2, 0.25) is 0 Å². The zero-order valence-electron chi connectivity index (χ0n) is 14.9. The summed E-state index contributed by atoms with van der Waals surface area (Å²) >= 11 is 0. The molecule has 2 heterocycles. The number of aromatic nitrogens is 2. The van der Waals surface area contributed by atoms with Gasteiger partial charge in [0.1, 0.15) is 5.82 Å². The second-order valence-corrected chi connectivity index (χ2v) is 7.88. The van der Waals surface area contributed by atoms with E-state index in [1.807, 2.05) is 4.90 Å². The number of amides is 1. The first-order valence-corrected chi connectivity index (χ1v) is 9.61. The van der Waals surface area contributed by atoms with E-state index in [9.17, 15) is 9.59 Å². The molecule has 3 aliphatic carbocycles. The van der Waals surface area contributed by atoms with Crippen molar-refractivity contribution < 1.29 is 14.7 Å². The summed E-state index contributed by atoms with van der Waals surface area (Å²) in [6.07, 6.45) is 13.5. The molecule has 1 saturated heterocycles. The summed E-state index contributed by atoms with van der Waals surface area (Å²) in [5.74, 6) is 1.99. The second kappa shape index (κ2) is 7.17. The Labute approximate surface area is 153 Å². The van der Waals surface area contributed by atoms with Gasteiger partial charge in [-0.3, -0.25) is 4.79 Å². The number of aromatic carboxylic acids is 1. The van der Waals surface area contributed by atoms with E-state index in [1.54, 1.807) is 0 Å². The van der Waals surface area contributed by atoms with Crippen LogP contribution in [0.15, 0.2) is 24.5 Å². The van der Waals surface area contributed by atoms with E-state index in [2.05, 4.69) is 22.1 Å². The molecule has 6 heteroatoms. The van der Waals surface area contributed by atoms with E-state index >= 15 is 0 Å². The lowest BCUT2D eigenvalue weighted by molar-refractivity contribution is -0.134. The maximum atomic E-state index is 12.7. The normalized spacial score (nSPS) is 28.3. The SMILES string of the molecule is O=C(O)c1cnc(C2CCN(C(=O)C[C@@H]3C[C@@H]4C=C[C@H]3CC4)CC2)nc1. The highest BCUT2D eigenvalue weighted by Crippen LogP contribution is 2.42. The quantitative estimate of drug-likeness (QED) is 0.840. The minimum Gasteiger partial charge on any atom is -0.478 e. The van der Waals surface area contributed by atoms with Crippen molar-refractivity contribution in [3.63, 3.8) is 0 Å². The molecule has 1 aromatic heterocycles. The van der Waals surface area contributed by atoms with Gasteiger partial charge in [-0.1, -0.05) is 12.2 Å². The average molecular weight is 355 g/mol. The van der Waals surface area contributed by atoms with Crippen LogP contribution in [-0.4, -0.2) is 44.9 Å². The number of carbonyl (C=O) groups excluding carboxylic acids is 1. The van der Waals surface area contributed by atoms with Gasteiger partial charge < -0.3 is 10.0 Å². The lowest BCUT2D eigenvalue weighted by Gasteiger charge is -2.39. The third-order valence-corrected chi connectivity index (χ3v) is 6.28. The largest absolute Gasteiger partial charge is 0.478 e. The maximum absolute atomic E-state index is 12.7. The standard InChI is InChI=1S/C20H25N3O3/c24-18(10-16-9-13-1-3-14(16)4-2-13)23-7-5-15(6-8-23)19-21-11-17(12-22-19)20(25)26/h1,3,11-16H,2,4-10H2,(H,25,26)/t13-,14+,16+/m1/s1. The van der Waals surface area contributed by atoms with Crippen molar-refractivity contribution in [2.45, 2.75) is 44.4 Å². The first-order valence-electron chi connectivity index (χ1n) is 9.61. The molecule has 1 N–H and O–H groups in total. The molecule has 0 unspecified atom stereocenters. The molecule has 1 amide bonds. The first-order chi connectivity index (χ1) is 12.6. The summed E-state index contributed by atoms with van der Waals surface area (Å²) in [5.41, 5.74) is 0.109. The minimum atomic E-state index is -1.01. The molecule has 26 heavy (non-hydrogen) atoms. The van der Waals surface area contributed by atoms with Crippen LogP contribution < -0.4 is 0 Å². The second-order valence-electron chi connectivity index (χ2n) is 7.88. The number of fused-ring (bicyclic) bond motifs is 2. The third-order valence-electron chi connectivity index (χ3n) is 6.28. The predicted molar refractivity (Wildman–Crippen MR) is 95.6 cm³/mol. The Kier molecular flexibility index (Phi) is 4.74. The number of hydrogen-bond donors (Lipinski definition) is 1. The van der Waals surface area contributed by atoms with E-state index in [1.165, 1.54) is 31.7 Å². The van der Waals surface area contributed by atoms with Crippen LogP contribution in [0.1, 0.15) is 60.6 Å². The van der Waals surface area contributed by atoms with Gasteiger partial charge in [0.25, 0.3) is 0 Å². The molecule has 3 atom stereocenters. The highest BCUT2D eigenvalue weighted by Gasteiger charge is 2.34. The van der Waals surface area contributed by atoms with Crippen LogP contribution in [0.4, 0.5) is 0 Å². The van der Waals surface area contributed by atoms with Crippen molar-refractivity contribution in [2.75, 3.05) is 13.1 Å². The van der Waals surface area contributed by atoms with Gasteiger partial charge in [-0.15, -0.1) is 0 Å². The fourth-order valence-corrected chi connectivity index (χ4v) is 4.69. The Hall–Kier alpha value is -2.24. The summed E-state index contributed by atoms with van der Waals surface area (Å²) < 4.78 is 0. The summed E-state index contributed by atoms with van der Waals surface area (Å²) in [4.78, 5) is 34.0. The topological polar surface area (TPSA) is 83.4 Å². The average Bonchev–Trinajstić information content (AvgIpc) is 2.69. The lowest BCUT2D eigenvalue weighted by atomic mass is 9.68. The van der Waals surface area contributed by atoms with E-state index in [0.29, 0.717) is 30.0 Å². The van der Waals surface area contributed by atoms with Crippen molar-refractivity contribution in [1.29, 1.82) is 0 Å². The molecule has 138 valence electrons. The highest BCUT2D eigenvalue weighted by molar-refractivity contribution is 5.86. The van der Waals surface area contributed by atoms with Crippen LogP contribution >= 0.6 is 0 Å². The van der Waals surface area contributed by atoms with Gasteiger partial charge in [-0.2, -0.15) is 0 Å². The monoisotopic (exact) mass is 355 g/mol. The van der Waals surface area contributed by atoms with Gasteiger partial charge in [-0.05, 0) is 49.9 Å². The van der Waals surface area contributed by atoms with E-state index in [-0.39, 0.29) is 17.4 Å².